The van der Waals surface area contributed by atoms with Crippen molar-refractivity contribution in [1.29, 1.82) is 0 Å². The molecule has 2 aromatic carbocycles. The second kappa shape index (κ2) is 19.8. The first-order valence-corrected chi connectivity index (χ1v) is 6.18. The Morgan fingerprint density at radius 1 is 0.682 bits per heavy atom. The van der Waals surface area contributed by atoms with E-state index in [4.69, 9.17) is 22.9 Å². The maximum atomic E-state index is 5.36. The van der Waals surface area contributed by atoms with E-state index < -0.39 is 0 Å². The van der Waals surface area contributed by atoms with Crippen molar-refractivity contribution in [3.05, 3.63) is 60.7 Å². The summed E-state index contributed by atoms with van der Waals surface area (Å²) in [5.41, 5.74) is 22.5. The summed E-state index contributed by atoms with van der Waals surface area (Å²) < 4.78 is 0. The number of anilines is 2. The van der Waals surface area contributed by atoms with Crippen LogP contribution in [0.15, 0.2) is 60.7 Å². The summed E-state index contributed by atoms with van der Waals surface area (Å²) in [4.78, 5) is 0. The van der Waals surface area contributed by atoms with E-state index in [1.165, 1.54) is 0 Å². The fourth-order valence-corrected chi connectivity index (χ4v) is 0.906. The highest BCUT2D eigenvalue weighted by Gasteiger charge is 1.79. The average molecular weight is 370 g/mol. The molecule has 0 aliphatic rings. The van der Waals surface area contributed by atoms with Gasteiger partial charge in [0.1, 0.15) is 0 Å². The van der Waals surface area contributed by atoms with Crippen molar-refractivity contribution in [3.8, 4) is 0 Å². The number of halogens is 3. The zero-order valence-corrected chi connectivity index (χ0v) is 15.0. The number of hydrogen-bond acceptors (Lipinski definition) is 4. The Kier molecular flexibility index (Phi) is 26.1. The maximum Gasteiger partial charge on any atom is 0.0518 e. The van der Waals surface area contributed by atoms with Crippen molar-refractivity contribution >= 4 is 48.6 Å². The van der Waals surface area contributed by atoms with E-state index in [2.05, 4.69) is 0 Å². The molecule has 128 valence electrons. The predicted octanol–water partition coefficient (Wildman–Crippen LogP) is 3.44. The van der Waals surface area contributed by atoms with Crippen molar-refractivity contribution in [1.82, 2.24) is 0 Å². The topological polar surface area (TPSA) is 104 Å². The van der Waals surface area contributed by atoms with Crippen molar-refractivity contribution in [2.45, 2.75) is 19.5 Å². The number of rotatable bonds is 1. The van der Waals surface area contributed by atoms with Crippen LogP contribution >= 0.6 is 37.2 Å². The molecule has 8 N–H and O–H groups in total. The first kappa shape index (κ1) is 28.9. The molecule has 2 aromatic rings. The maximum absolute atomic E-state index is 5.36. The van der Waals surface area contributed by atoms with Gasteiger partial charge >= 0.3 is 0 Å². The number of nitrogens with two attached hydrogens (primary N) is 4. The Morgan fingerprint density at radius 2 is 0.909 bits per heavy atom. The highest BCUT2D eigenvalue weighted by molar-refractivity contribution is 5.86. The van der Waals surface area contributed by atoms with Crippen LogP contribution in [0.4, 0.5) is 11.4 Å². The second-order valence-corrected chi connectivity index (χ2v) is 3.89. The number of para-hydroxylation sites is 2. The van der Waals surface area contributed by atoms with Crippen LogP contribution in [0.3, 0.4) is 0 Å². The third kappa shape index (κ3) is 21.1. The number of benzene rings is 2. The summed E-state index contributed by atoms with van der Waals surface area (Å²) in [5.74, 6) is 0. The van der Waals surface area contributed by atoms with Crippen LogP contribution in [0, 0.1) is 0 Å². The van der Waals surface area contributed by atoms with Gasteiger partial charge in [-0.2, -0.15) is 0 Å². The van der Waals surface area contributed by atoms with Gasteiger partial charge in [-0.15, -0.1) is 37.2 Å². The lowest BCUT2D eigenvalue weighted by Crippen LogP contribution is -2.28. The van der Waals surface area contributed by atoms with Gasteiger partial charge in [-0.3, -0.25) is 0 Å². The zero-order chi connectivity index (χ0) is 14.5. The Balaban J connectivity index is -0.000000105. The van der Waals surface area contributed by atoms with Crippen LogP contribution in [0.25, 0.3) is 0 Å². The molecule has 0 amide bonds. The van der Waals surface area contributed by atoms with Gasteiger partial charge in [0.05, 0.1) is 6.17 Å². The summed E-state index contributed by atoms with van der Waals surface area (Å²) in [7, 11) is 0. The average Bonchev–Trinajstić information content (AvgIpc) is 2.42. The van der Waals surface area contributed by atoms with E-state index in [0.717, 1.165) is 17.8 Å². The van der Waals surface area contributed by atoms with Gasteiger partial charge in [-0.1, -0.05) is 43.3 Å². The number of nitrogen functional groups attached to an aromatic ring is 2. The number of hydrogen-bond donors (Lipinski definition) is 4. The minimum absolute atomic E-state index is 0. The van der Waals surface area contributed by atoms with Gasteiger partial charge < -0.3 is 22.9 Å². The van der Waals surface area contributed by atoms with Gasteiger partial charge in [-0.05, 0) is 30.7 Å². The molecule has 0 aliphatic heterocycles. The summed E-state index contributed by atoms with van der Waals surface area (Å²) in [6.45, 7) is 1.95. The standard InChI is InChI=1S/2C6H7N.C3H10N2.3ClH/c2*7-6-4-2-1-3-5-6;1-2-3(4)5;;;/h2*1-5H,7H2;3H,2,4-5H2,1H3;3*1H. The third-order valence-corrected chi connectivity index (χ3v) is 2.07. The second-order valence-electron chi connectivity index (χ2n) is 3.89. The Bertz CT molecular complexity index is 376. The van der Waals surface area contributed by atoms with Gasteiger partial charge in [0, 0.05) is 11.4 Å². The van der Waals surface area contributed by atoms with Gasteiger partial charge in [0.15, 0.2) is 0 Å². The van der Waals surface area contributed by atoms with E-state index in [1.54, 1.807) is 0 Å². The summed E-state index contributed by atoms with van der Waals surface area (Å²) >= 11 is 0. The molecule has 0 aliphatic carbocycles. The van der Waals surface area contributed by atoms with Crippen molar-refractivity contribution < 1.29 is 0 Å². The Labute approximate surface area is 151 Å². The van der Waals surface area contributed by atoms with Crippen LogP contribution in [0.5, 0.6) is 0 Å². The SMILES string of the molecule is CCC(N)N.Cl.Cl.Cl.Nc1ccccc1.Nc1ccccc1. The molecule has 22 heavy (non-hydrogen) atoms. The van der Waals surface area contributed by atoms with E-state index in [0.29, 0.717) is 0 Å². The fraction of sp³-hybridized carbons (Fsp3) is 0.200. The van der Waals surface area contributed by atoms with E-state index >= 15 is 0 Å². The van der Waals surface area contributed by atoms with E-state index in [9.17, 15) is 0 Å². The molecule has 0 bridgehead atoms. The molecular formula is C15H27Cl3N4. The minimum Gasteiger partial charge on any atom is -0.399 e. The molecule has 4 nitrogen and oxygen atoms in total. The highest BCUT2D eigenvalue weighted by atomic mass is 35.5. The summed E-state index contributed by atoms with van der Waals surface area (Å²) in [6, 6.07) is 19.0. The molecule has 0 radical (unpaired) electrons. The first-order valence-electron chi connectivity index (χ1n) is 6.18. The molecule has 0 atom stereocenters. The third-order valence-electron chi connectivity index (χ3n) is 2.07. The molecule has 0 heterocycles. The van der Waals surface area contributed by atoms with Crippen LogP contribution in [-0.4, -0.2) is 6.17 Å². The Hall–Kier alpha value is -1.17. The normalized spacial score (nSPS) is 7.64. The van der Waals surface area contributed by atoms with Crippen molar-refractivity contribution in [3.63, 3.8) is 0 Å². The van der Waals surface area contributed by atoms with Crippen molar-refractivity contribution in [2.75, 3.05) is 11.5 Å². The largest absolute Gasteiger partial charge is 0.399 e. The monoisotopic (exact) mass is 368 g/mol. The van der Waals surface area contributed by atoms with E-state index in [-0.39, 0.29) is 43.4 Å². The molecular weight excluding hydrogens is 343 g/mol. The van der Waals surface area contributed by atoms with Gasteiger partial charge in [-0.25, -0.2) is 0 Å². The molecule has 0 saturated heterocycles. The molecule has 0 saturated carbocycles. The lowest BCUT2D eigenvalue weighted by molar-refractivity contribution is 0.682. The lowest BCUT2D eigenvalue weighted by Gasteiger charge is -1.92. The van der Waals surface area contributed by atoms with E-state index in [1.807, 2.05) is 67.6 Å². The minimum atomic E-state index is -0.116. The molecule has 2 rings (SSSR count). The zero-order valence-electron chi connectivity index (χ0n) is 12.6. The first-order chi connectivity index (χ1) is 9.06. The van der Waals surface area contributed by atoms with Crippen LogP contribution in [0.2, 0.25) is 0 Å². The van der Waals surface area contributed by atoms with Crippen LogP contribution in [0.1, 0.15) is 13.3 Å². The van der Waals surface area contributed by atoms with Crippen molar-refractivity contribution in [2.24, 2.45) is 11.5 Å². The fourth-order valence-electron chi connectivity index (χ4n) is 0.906. The Morgan fingerprint density at radius 3 is 1.00 bits per heavy atom. The predicted molar refractivity (Wildman–Crippen MR) is 106 cm³/mol. The summed E-state index contributed by atoms with van der Waals surface area (Å²) in [6.07, 6.45) is 0.745. The van der Waals surface area contributed by atoms with Crippen LogP contribution < -0.4 is 22.9 Å². The van der Waals surface area contributed by atoms with Gasteiger partial charge in [0.25, 0.3) is 0 Å². The lowest BCUT2D eigenvalue weighted by atomic mass is 10.3. The molecule has 0 aromatic heterocycles. The molecule has 7 heteroatoms. The highest BCUT2D eigenvalue weighted by Crippen LogP contribution is 1.96. The van der Waals surface area contributed by atoms with Crippen LogP contribution in [-0.2, 0) is 0 Å². The molecule has 0 fully saturated rings. The smallest absolute Gasteiger partial charge is 0.0518 e. The molecule has 0 unspecified atom stereocenters. The quantitative estimate of drug-likeness (QED) is 0.456. The molecule has 0 spiro atoms. The summed E-state index contributed by atoms with van der Waals surface area (Å²) in [5, 5.41) is 0. The van der Waals surface area contributed by atoms with Gasteiger partial charge in [0.2, 0.25) is 0 Å².